The standard InChI is InChI=1S/C14H8Br2F4O/c15-7-8-1-2-9(5-11(8)14(18,19)20)21-10-3-4-12(16)13(17)6-10/h1-6H,7H2. The molecule has 2 aromatic carbocycles. The zero-order chi connectivity index (χ0) is 15.6. The van der Waals surface area contributed by atoms with Crippen molar-refractivity contribution in [2.45, 2.75) is 11.5 Å². The molecule has 0 bridgehead atoms. The van der Waals surface area contributed by atoms with Gasteiger partial charge in [-0.1, -0.05) is 22.0 Å². The molecule has 0 saturated heterocycles. The van der Waals surface area contributed by atoms with E-state index < -0.39 is 17.6 Å². The van der Waals surface area contributed by atoms with Crippen LogP contribution in [-0.2, 0) is 11.5 Å². The quantitative estimate of drug-likeness (QED) is 0.413. The van der Waals surface area contributed by atoms with Crippen molar-refractivity contribution < 1.29 is 22.3 Å². The molecule has 2 aromatic rings. The normalized spacial score (nSPS) is 11.5. The van der Waals surface area contributed by atoms with Crippen LogP contribution in [0, 0.1) is 5.82 Å². The van der Waals surface area contributed by atoms with E-state index in [4.69, 9.17) is 4.74 Å². The minimum absolute atomic E-state index is 0.00579. The van der Waals surface area contributed by atoms with Crippen molar-refractivity contribution in [1.29, 1.82) is 0 Å². The maximum Gasteiger partial charge on any atom is 0.416 e. The molecule has 21 heavy (non-hydrogen) atoms. The highest BCUT2D eigenvalue weighted by molar-refractivity contribution is 9.10. The summed E-state index contributed by atoms with van der Waals surface area (Å²) < 4.78 is 57.7. The summed E-state index contributed by atoms with van der Waals surface area (Å²) >= 11 is 6.00. The van der Waals surface area contributed by atoms with E-state index in [1.807, 2.05) is 0 Å². The Kier molecular flexibility index (Phi) is 4.93. The molecule has 0 fully saturated rings. The van der Waals surface area contributed by atoms with Gasteiger partial charge in [0, 0.05) is 11.4 Å². The molecule has 0 amide bonds. The van der Waals surface area contributed by atoms with Crippen LogP contribution in [0.1, 0.15) is 11.1 Å². The van der Waals surface area contributed by atoms with E-state index in [9.17, 15) is 17.6 Å². The lowest BCUT2D eigenvalue weighted by Crippen LogP contribution is -2.08. The second-order valence-corrected chi connectivity index (χ2v) is 5.54. The summed E-state index contributed by atoms with van der Waals surface area (Å²) in [5, 5.41) is 0.0784. The van der Waals surface area contributed by atoms with E-state index in [-0.39, 0.29) is 26.9 Å². The van der Waals surface area contributed by atoms with Crippen molar-refractivity contribution in [2.24, 2.45) is 0 Å². The fraction of sp³-hybridized carbons (Fsp3) is 0.143. The van der Waals surface area contributed by atoms with Gasteiger partial charge in [0.25, 0.3) is 0 Å². The van der Waals surface area contributed by atoms with Crippen LogP contribution in [0.25, 0.3) is 0 Å². The van der Waals surface area contributed by atoms with Crippen LogP contribution in [0.15, 0.2) is 40.9 Å². The maximum absolute atomic E-state index is 13.4. The van der Waals surface area contributed by atoms with Gasteiger partial charge < -0.3 is 4.74 Å². The Labute approximate surface area is 135 Å². The van der Waals surface area contributed by atoms with Crippen molar-refractivity contribution in [3.8, 4) is 11.5 Å². The van der Waals surface area contributed by atoms with Gasteiger partial charge >= 0.3 is 6.18 Å². The first kappa shape index (κ1) is 16.3. The molecule has 0 saturated carbocycles. The van der Waals surface area contributed by atoms with Crippen molar-refractivity contribution in [1.82, 2.24) is 0 Å². The van der Waals surface area contributed by atoms with Crippen LogP contribution in [0.2, 0.25) is 0 Å². The number of alkyl halides is 4. The third-order valence-electron chi connectivity index (χ3n) is 2.66. The Morgan fingerprint density at radius 3 is 2.19 bits per heavy atom. The Morgan fingerprint density at radius 2 is 1.62 bits per heavy atom. The minimum atomic E-state index is -4.48. The average molecular weight is 428 g/mol. The molecule has 0 aromatic heterocycles. The zero-order valence-electron chi connectivity index (χ0n) is 10.3. The fourth-order valence-electron chi connectivity index (χ4n) is 1.68. The van der Waals surface area contributed by atoms with Crippen LogP contribution in [0.3, 0.4) is 0 Å². The van der Waals surface area contributed by atoms with Gasteiger partial charge in [0.2, 0.25) is 0 Å². The minimum Gasteiger partial charge on any atom is -0.457 e. The Hall–Kier alpha value is -1.08. The van der Waals surface area contributed by atoms with Gasteiger partial charge in [-0.3, -0.25) is 0 Å². The molecule has 1 nitrogen and oxygen atoms in total. The van der Waals surface area contributed by atoms with Crippen LogP contribution in [0.4, 0.5) is 17.6 Å². The number of halogens is 6. The molecule has 0 atom stereocenters. The van der Waals surface area contributed by atoms with Gasteiger partial charge in [0.1, 0.15) is 17.3 Å². The summed E-state index contributed by atoms with van der Waals surface area (Å²) in [6.45, 7) is 0. The molecule has 7 heteroatoms. The predicted octanol–water partition coefficient (Wildman–Crippen LogP) is 6.29. The fourth-order valence-corrected chi connectivity index (χ4v) is 2.41. The lowest BCUT2D eigenvalue weighted by molar-refractivity contribution is -0.138. The van der Waals surface area contributed by atoms with Gasteiger partial charge in [-0.15, -0.1) is 0 Å². The third-order valence-corrected chi connectivity index (χ3v) is 3.90. The van der Waals surface area contributed by atoms with E-state index in [1.165, 1.54) is 24.3 Å². The molecule has 0 spiro atoms. The average Bonchev–Trinajstić information content (AvgIpc) is 2.42. The molecule has 2 rings (SSSR count). The molecule has 112 valence electrons. The van der Waals surface area contributed by atoms with E-state index >= 15 is 0 Å². The number of hydrogen-bond acceptors (Lipinski definition) is 1. The SMILES string of the molecule is Fc1cc(Oc2ccc(CBr)c(C(F)(F)F)c2)ccc1Br. The maximum atomic E-state index is 13.4. The lowest BCUT2D eigenvalue weighted by Gasteiger charge is -2.14. The lowest BCUT2D eigenvalue weighted by atomic mass is 10.1. The predicted molar refractivity (Wildman–Crippen MR) is 78.2 cm³/mol. The second-order valence-electron chi connectivity index (χ2n) is 4.13. The summed E-state index contributed by atoms with van der Waals surface area (Å²) in [6.07, 6.45) is -4.48. The summed E-state index contributed by atoms with van der Waals surface area (Å²) in [5.74, 6) is -0.440. The molecule has 0 radical (unpaired) electrons. The number of benzene rings is 2. The highest BCUT2D eigenvalue weighted by atomic mass is 79.9. The summed E-state index contributed by atoms with van der Waals surface area (Å²) in [6, 6.07) is 7.60. The van der Waals surface area contributed by atoms with Crippen LogP contribution in [0.5, 0.6) is 11.5 Å². The van der Waals surface area contributed by atoms with Gasteiger partial charge in [-0.05, 0) is 45.8 Å². The second kappa shape index (κ2) is 6.36. The van der Waals surface area contributed by atoms with E-state index in [0.29, 0.717) is 0 Å². The van der Waals surface area contributed by atoms with Crippen molar-refractivity contribution >= 4 is 31.9 Å². The van der Waals surface area contributed by atoms with Crippen LogP contribution < -0.4 is 4.74 Å². The first-order chi connectivity index (χ1) is 9.81. The smallest absolute Gasteiger partial charge is 0.416 e. The van der Waals surface area contributed by atoms with Gasteiger partial charge in [0.05, 0.1) is 10.0 Å². The summed E-state index contributed by atoms with van der Waals surface area (Å²) in [4.78, 5) is 0. The van der Waals surface area contributed by atoms with E-state index in [1.54, 1.807) is 0 Å². The molecule has 0 aliphatic heterocycles. The van der Waals surface area contributed by atoms with E-state index in [0.717, 1.165) is 12.1 Å². The van der Waals surface area contributed by atoms with E-state index in [2.05, 4.69) is 31.9 Å². The molecule has 0 aliphatic rings. The van der Waals surface area contributed by atoms with Gasteiger partial charge in [-0.25, -0.2) is 4.39 Å². The van der Waals surface area contributed by atoms with Gasteiger partial charge in [-0.2, -0.15) is 13.2 Å². The zero-order valence-corrected chi connectivity index (χ0v) is 13.5. The first-order valence-electron chi connectivity index (χ1n) is 5.70. The summed E-state index contributed by atoms with van der Waals surface area (Å²) in [5.41, 5.74) is -0.675. The Balaban J connectivity index is 2.34. The van der Waals surface area contributed by atoms with Crippen molar-refractivity contribution in [3.63, 3.8) is 0 Å². The topological polar surface area (TPSA) is 9.23 Å². The highest BCUT2D eigenvalue weighted by Gasteiger charge is 2.33. The van der Waals surface area contributed by atoms with Crippen LogP contribution >= 0.6 is 31.9 Å². The third kappa shape index (κ3) is 3.97. The first-order valence-corrected chi connectivity index (χ1v) is 7.61. The van der Waals surface area contributed by atoms with Gasteiger partial charge in [0.15, 0.2) is 0 Å². The molecular weight excluding hydrogens is 420 g/mol. The van der Waals surface area contributed by atoms with Crippen molar-refractivity contribution in [3.05, 3.63) is 57.8 Å². The highest BCUT2D eigenvalue weighted by Crippen LogP contribution is 2.36. The number of hydrogen-bond donors (Lipinski definition) is 0. The molecule has 0 N–H and O–H groups in total. The Morgan fingerprint density at radius 1 is 1.00 bits per heavy atom. The largest absolute Gasteiger partial charge is 0.457 e. The molecular formula is C14H8Br2F4O. The molecule has 0 aliphatic carbocycles. The monoisotopic (exact) mass is 426 g/mol. The Bertz CT molecular complexity index is 656. The molecule has 0 heterocycles. The molecule has 0 unspecified atom stereocenters. The van der Waals surface area contributed by atoms with Crippen LogP contribution in [-0.4, -0.2) is 0 Å². The van der Waals surface area contributed by atoms with Crippen molar-refractivity contribution in [2.75, 3.05) is 0 Å². The number of ether oxygens (including phenoxy) is 1. The number of rotatable bonds is 3. The summed E-state index contributed by atoms with van der Waals surface area (Å²) in [7, 11) is 0.